The molecule has 1 aromatic rings. The lowest BCUT2D eigenvalue weighted by molar-refractivity contribution is -0.139. The van der Waals surface area contributed by atoms with Crippen molar-refractivity contribution in [2.75, 3.05) is 13.1 Å². The summed E-state index contributed by atoms with van der Waals surface area (Å²) in [4.78, 5) is 48.5. The molecule has 1 atom stereocenters. The number of rotatable bonds is 8. The van der Waals surface area contributed by atoms with Crippen LogP contribution in [0.5, 0.6) is 0 Å². The van der Waals surface area contributed by atoms with Crippen LogP contribution in [0, 0.1) is 5.92 Å². The van der Waals surface area contributed by atoms with Crippen LogP contribution in [0.3, 0.4) is 0 Å². The van der Waals surface area contributed by atoms with Crippen LogP contribution in [-0.4, -0.2) is 53.0 Å². The summed E-state index contributed by atoms with van der Waals surface area (Å²) in [5.74, 6) is -1.62. The molecule has 0 aromatic heterocycles. The maximum absolute atomic E-state index is 12.2. The van der Waals surface area contributed by atoms with E-state index in [1.165, 1.54) is 0 Å². The Morgan fingerprint density at radius 1 is 1.12 bits per heavy atom. The Kier molecular flexibility index (Phi) is 6.32. The van der Waals surface area contributed by atoms with Crippen LogP contribution in [0.15, 0.2) is 24.3 Å². The summed E-state index contributed by atoms with van der Waals surface area (Å²) in [5.41, 5.74) is 0.780. The van der Waals surface area contributed by atoms with Crippen LogP contribution in [0.25, 0.3) is 0 Å². The zero-order valence-corrected chi connectivity index (χ0v) is 14.8. The number of nitrogens with zero attached hydrogens (tertiary/aromatic N) is 1. The number of imide groups is 1. The molecule has 1 aromatic carbocycles. The van der Waals surface area contributed by atoms with Crippen molar-refractivity contribution < 1.29 is 24.3 Å². The number of amides is 4. The van der Waals surface area contributed by atoms with E-state index < -0.39 is 18.0 Å². The molecule has 0 bridgehead atoms. The first-order chi connectivity index (χ1) is 12.3. The Morgan fingerprint density at radius 2 is 1.69 bits per heavy atom. The monoisotopic (exact) mass is 361 g/mol. The number of nitrogens with one attached hydrogen (secondary N) is 2. The molecule has 0 aliphatic carbocycles. The van der Waals surface area contributed by atoms with Crippen LogP contribution in [-0.2, 0) is 4.79 Å². The molecule has 8 heteroatoms. The van der Waals surface area contributed by atoms with Crippen molar-refractivity contribution in [3.8, 4) is 0 Å². The van der Waals surface area contributed by atoms with Gasteiger partial charge in [-0.1, -0.05) is 26.0 Å². The van der Waals surface area contributed by atoms with Crippen molar-refractivity contribution in [1.82, 2.24) is 15.5 Å². The second kappa shape index (κ2) is 8.46. The highest BCUT2D eigenvalue weighted by Crippen LogP contribution is 2.22. The number of carboxylic acids is 1. The Balaban J connectivity index is 1.77. The minimum absolute atomic E-state index is 0.130. The summed E-state index contributed by atoms with van der Waals surface area (Å²) < 4.78 is 0. The van der Waals surface area contributed by atoms with Gasteiger partial charge in [0.05, 0.1) is 11.1 Å². The second-order valence-electron chi connectivity index (χ2n) is 6.58. The first kappa shape index (κ1) is 19.4. The lowest BCUT2D eigenvalue weighted by atomic mass is 10.0. The van der Waals surface area contributed by atoms with E-state index in [4.69, 9.17) is 5.11 Å². The van der Waals surface area contributed by atoms with Crippen molar-refractivity contribution in [3.05, 3.63) is 35.4 Å². The van der Waals surface area contributed by atoms with Gasteiger partial charge in [0.1, 0.15) is 6.04 Å². The van der Waals surface area contributed by atoms with Gasteiger partial charge in [-0.2, -0.15) is 0 Å². The van der Waals surface area contributed by atoms with Crippen LogP contribution in [0.2, 0.25) is 0 Å². The molecule has 2 rings (SSSR count). The van der Waals surface area contributed by atoms with Crippen LogP contribution >= 0.6 is 0 Å². The van der Waals surface area contributed by atoms with E-state index in [9.17, 15) is 19.2 Å². The number of hydrogen-bond acceptors (Lipinski definition) is 4. The molecule has 0 fully saturated rings. The predicted octanol–water partition coefficient (Wildman–Crippen LogP) is 1.47. The van der Waals surface area contributed by atoms with Crippen molar-refractivity contribution in [1.29, 1.82) is 0 Å². The van der Waals surface area contributed by atoms with E-state index in [0.29, 0.717) is 24.0 Å². The molecule has 1 heterocycles. The largest absolute Gasteiger partial charge is 0.480 e. The first-order valence-electron chi connectivity index (χ1n) is 8.53. The molecular formula is C18H23N3O5. The molecule has 1 aliphatic heterocycles. The fourth-order valence-electron chi connectivity index (χ4n) is 2.78. The summed E-state index contributed by atoms with van der Waals surface area (Å²) in [7, 11) is 0. The lowest BCUT2D eigenvalue weighted by Gasteiger charge is -2.17. The lowest BCUT2D eigenvalue weighted by Crippen LogP contribution is -2.47. The Hall–Kier alpha value is -2.90. The van der Waals surface area contributed by atoms with E-state index >= 15 is 0 Å². The summed E-state index contributed by atoms with van der Waals surface area (Å²) >= 11 is 0. The number of fused-ring (bicyclic) bond motifs is 1. The number of benzene rings is 1. The molecule has 0 radical (unpaired) electrons. The van der Waals surface area contributed by atoms with Gasteiger partial charge in [0.25, 0.3) is 11.8 Å². The highest BCUT2D eigenvalue weighted by atomic mass is 16.4. The average Bonchev–Trinajstić information content (AvgIpc) is 2.82. The maximum Gasteiger partial charge on any atom is 0.326 e. The van der Waals surface area contributed by atoms with E-state index in [1.807, 2.05) is 13.8 Å². The zero-order chi connectivity index (χ0) is 19.3. The molecule has 0 spiro atoms. The van der Waals surface area contributed by atoms with E-state index in [-0.39, 0.29) is 30.8 Å². The molecule has 140 valence electrons. The van der Waals surface area contributed by atoms with Crippen molar-refractivity contribution >= 4 is 23.8 Å². The van der Waals surface area contributed by atoms with Crippen LogP contribution < -0.4 is 10.6 Å². The number of carbonyl (C=O) groups excluding carboxylic acids is 3. The van der Waals surface area contributed by atoms with E-state index in [1.54, 1.807) is 24.3 Å². The third-order valence-electron chi connectivity index (χ3n) is 4.03. The van der Waals surface area contributed by atoms with Crippen molar-refractivity contribution in [2.24, 2.45) is 5.92 Å². The van der Waals surface area contributed by atoms with Crippen LogP contribution in [0.1, 0.15) is 47.4 Å². The zero-order valence-electron chi connectivity index (χ0n) is 14.8. The first-order valence-corrected chi connectivity index (χ1v) is 8.53. The van der Waals surface area contributed by atoms with Crippen molar-refractivity contribution in [2.45, 2.75) is 32.7 Å². The summed E-state index contributed by atoms with van der Waals surface area (Å²) in [6.45, 7) is 4.14. The molecule has 4 amide bonds. The highest BCUT2D eigenvalue weighted by molar-refractivity contribution is 6.21. The van der Waals surface area contributed by atoms with Gasteiger partial charge in [0.2, 0.25) is 0 Å². The van der Waals surface area contributed by atoms with Gasteiger partial charge in [-0.05, 0) is 30.9 Å². The maximum atomic E-state index is 12.2. The molecule has 1 aliphatic rings. The van der Waals surface area contributed by atoms with Gasteiger partial charge in [0.15, 0.2) is 0 Å². The number of carboxylic acid groups (broad SMARTS) is 1. The highest BCUT2D eigenvalue weighted by Gasteiger charge is 2.34. The fraction of sp³-hybridized carbons (Fsp3) is 0.444. The standard InChI is InChI=1S/C18H23N3O5/c1-11(2)10-14(17(24)25)20-18(26)19-8-5-9-21-15(22)12-6-3-4-7-13(12)16(21)23/h3-4,6-7,11,14H,5,8-10H2,1-2H3,(H,24,25)(H2,19,20,26). The Morgan fingerprint density at radius 3 is 2.19 bits per heavy atom. The Bertz CT molecular complexity index is 682. The molecule has 0 saturated carbocycles. The van der Waals surface area contributed by atoms with Crippen LogP contribution in [0.4, 0.5) is 4.79 Å². The number of urea groups is 1. The van der Waals surface area contributed by atoms with E-state index in [0.717, 1.165) is 4.90 Å². The van der Waals surface area contributed by atoms with Gasteiger partial charge in [-0.25, -0.2) is 9.59 Å². The summed E-state index contributed by atoms with van der Waals surface area (Å²) in [6.07, 6.45) is 0.707. The number of carbonyl (C=O) groups is 4. The molecule has 0 saturated heterocycles. The third-order valence-corrected chi connectivity index (χ3v) is 4.03. The number of aliphatic carboxylic acids is 1. The minimum atomic E-state index is -1.08. The summed E-state index contributed by atoms with van der Waals surface area (Å²) in [5, 5.41) is 14.1. The Labute approximate surface area is 151 Å². The van der Waals surface area contributed by atoms with E-state index in [2.05, 4.69) is 10.6 Å². The van der Waals surface area contributed by atoms with Gasteiger partial charge in [0, 0.05) is 13.1 Å². The fourth-order valence-corrected chi connectivity index (χ4v) is 2.78. The second-order valence-corrected chi connectivity index (χ2v) is 6.58. The quantitative estimate of drug-likeness (QED) is 0.479. The van der Waals surface area contributed by atoms with Gasteiger partial charge >= 0.3 is 12.0 Å². The summed E-state index contributed by atoms with van der Waals surface area (Å²) in [6, 6.07) is 5.10. The average molecular weight is 361 g/mol. The number of hydrogen-bond donors (Lipinski definition) is 3. The van der Waals surface area contributed by atoms with Gasteiger partial charge in [-0.3, -0.25) is 14.5 Å². The third kappa shape index (κ3) is 4.59. The predicted molar refractivity (Wildman–Crippen MR) is 93.8 cm³/mol. The molecule has 26 heavy (non-hydrogen) atoms. The minimum Gasteiger partial charge on any atom is -0.480 e. The molecular weight excluding hydrogens is 338 g/mol. The normalized spacial score (nSPS) is 14.3. The molecule has 1 unspecified atom stereocenters. The van der Waals surface area contributed by atoms with Gasteiger partial charge < -0.3 is 15.7 Å². The topological polar surface area (TPSA) is 116 Å². The SMILES string of the molecule is CC(C)CC(NC(=O)NCCCN1C(=O)c2ccccc2C1=O)C(=O)O. The van der Waals surface area contributed by atoms with Crippen molar-refractivity contribution in [3.63, 3.8) is 0 Å². The van der Waals surface area contributed by atoms with Gasteiger partial charge in [-0.15, -0.1) is 0 Å². The molecule has 8 nitrogen and oxygen atoms in total. The molecule has 3 N–H and O–H groups in total. The smallest absolute Gasteiger partial charge is 0.326 e.